The van der Waals surface area contributed by atoms with Crippen molar-refractivity contribution in [3.05, 3.63) is 24.3 Å². The third kappa shape index (κ3) is 4.73. The van der Waals surface area contributed by atoms with Crippen LogP contribution in [0.3, 0.4) is 0 Å². The maximum absolute atomic E-state index is 11.7. The number of hydrogen-bond donors (Lipinski definition) is 2. The second-order valence-electron chi connectivity index (χ2n) is 3.43. The van der Waals surface area contributed by atoms with Gasteiger partial charge in [0.1, 0.15) is 6.33 Å². The van der Waals surface area contributed by atoms with Crippen LogP contribution in [-0.2, 0) is 16.8 Å². The van der Waals surface area contributed by atoms with Gasteiger partial charge in [-0.15, -0.1) is 0 Å². The Morgan fingerprint density at radius 3 is 2.88 bits per heavy atom. The quantitative estimate of drug-likeness (QED) is 0.664. The van der Waals surface area contributed by atoms with Crippen LogP contribution in [0.25, 0.3) is 0 Å². The molecule has 0 bridgehead atoms. The number of aliphatic hydroxyl groups excluding tert-OH is 1. The summed E-state index contributed by atoms with van der Waals surface area (Å²) in [7, 11) is -2.06. The van der Waals surface area contributed by atoms with Crippen LogP contribution in [0.5, 0.6) is 0 Å². The maximum Gasteiger partial charge on any atom is 0.279 e. The number of nitrogens with one attached hydrogen (secondary N) is 1. The third-order valence-corrected chi connectivity index (χ3v) is 3.63. The average Bonchev–Trinajstić information content (AvgIpc) is 2.35. The van der Waals surface area contributed by atoms with E-state index in [0.717, 1.165) is 4.31 Å². The third-order valence-electron chi connectivity index (χ3n) is 2.12. The SMILES string of the molecule is CN(CCCO)S(=O)(=O)NCc1ccncn1. The van der Waals surface area contributed by atoms with E-state index in [0.29, 0.717) is 12.1 Å². The van der Waals surface area contributed by atoms with Crippen LogP contribution in [0.1, 0.15) is 12.1 Å². The van der Waals surface area contributed by atoms with Crippen LogP contribution in [0.15, 0.2) is 18.6 Å². The van der Waals surface area contributed by atoms with E-state index >= 15 is 0 Å². The molecule has 0 aliphatic carbocycles. The van der Waals surface area contributed by atoms with Crippen LogP contribution in [0.4, 0.5) is 0 Å². The van der Waals surface area contributed by atoms with Crippen molar-refractivity contribution >= 4 is 10.2 Å². The van der Waals surface area contributed by atoms with Gasteiger partial charge in [-0.1, -0.05) is 0 Å². The molecule has 0 saturated heterocycles. The number of aliphatic hydroxyl groups is 1. The van der Waals surface area contributed by atoms with E-state index < -0.39 is 10.2 Å². The molecule has 96 valence electrons. The van der Waals surface area contributed by atoms with Gasteiger partial charge in [0, 0.05) is 26.4 Å². The Kier molecular flexibility index (Phi) is 5.42. The van der Waals surface area contributed by atoms with Gasteiger partial charge < -0.3 is 5.11 Å². The molecular weight excluding hydrogens is 244 g/mol. The number of hydrogen-bond acceptors (Lipinski definition) is 5. The lowest BCUT2D eigenvalue weighted by Crippen LogP contribution is -2.38. The summed E-state index contributed by atoms with van der Waals surface area (Å²) in [5.74, 6) is 0. The van der Waals surface area contributed by atoms with Crippen molar-refractivity contribution in [1.29, 1.82) is 0 Å². The van der Waals surface area contributed by atoms with E-state index in [4.69, 9.17) is 5.11 Å². The van der Waals surface area contributed by atoms with Crippen molar-refractivity contribution in [2.75, 3.05) is 20.2 Å². The van der Waals surface area contributed by atoms with Crippen molar-refractivity contribution < 1.29 is 13.5 Å². The predicted octanol–water partition coefficient (Wildman–Crippen LogP) is -0.875. The highest BCUT2D eigenvalue weighted by Gasteiger charge is 2.16. The van der Waals surface area contributed by atoms with Crippen molar-refractivity contribution in [3.63, 3.8) is 0 Å². The average molecular weight is 260 g/mol. The fourth-order valence-corrected chi connectivity index (χ4v) is 2.03. The van der Waals surface area contributed by atoms with Gasteiger partial charge in [-0.05, 0) is 12.5 Å². The van der Waals surface area contributed by atoms with Gasteiger partial charge in [-0.25, -0.2) is 9.97 Å². The van der Waals surface area contributed by atoms with Gasteiger partial charge >= 0.3 is 0 Å². The van der Waals surface area contributed by atoms with E-state index in [-0.39, 0.29) is 19.7 Å². The second-order valence-corrected chi connectivity index (χ2v) is 5.29. The molecule has 8 heteroatoms. The minimum Gasteiger partial charge on any atom is -0.396 e. The molecule has 0 aliphatic rings. The first-order valence-electron chi connectivity index (χ1n) is 5.13. The minimum absolute atomic E-state index is 0.0359. The zero-order valence-electron chi connectivity index (χ0n) is 9.57. The number of aromatic nitrogens is 2. The molecule has 0 atom stereocenters. The van der Waals surface area contributed by atoms with Gasteiger partial charge in [-0.3, -0.25) is 0 Å². The lowest BCUT2D eigenvalue weighted by atomic mass is 10.4. The predicted molar refractivity (Wildman–Crippen MR) is 62.1 cm³/mol. The van der Waals surface area contributed by atoms with Crippen LogP contribution in [-0.4, -0.2) is 48.0 Å². The summed E-state index contributed by atoms with van der Waals surface area (Å²) < 4.78 is 27.0. The standard InChI is InChI=1S/C9H16N4O3S/c1-13(5-2-6-14)17(15,16)12-7-9-3-4-10-8-11-9/h3-4,8,12,14H,2,5-7H2,1H3. The van der Waals surface area contributed by atoms with Crippen LogP contribution >= 0.6 is 0 Å². The highest BCUT2D eigenvalue weighted by atomic mass is 32.2. The molecule has 2 N–H and O–H groups in total. The molecule has 17 heavy (non-hydrogen) atoms. The Hall–Kier alpha value is -1.09. The van der Waals surface area contributed by atoms with Gasteiger partial charge in [0.15, 0.2) is 0 Å². The van der Waals surface area contributed by atoms with Crippen molar-refractivity contribution in [2.24, 2.45) is 0 Å². The van der Waals surface area contributed by atoms with Crippen LogP contribution in [0.2, 0.25) is 0 Å². The Morgan fingerprint density at radius 1 is 1.53 bits per heavy atom. The van der Waals surface area contributed by atoms with Crippen LogP contribution < -0.4 is 4.72 Å². The van der Waals surface area contributed by atoms with Crippen molar-refractivity contribution in [1.82, 2.24) is 19.0 Å². The minimum atomic E-state index is -3.52. The summed E-state index contributed by atoms with van der Waals surface area (Å²) in [6.07, 6.45) is 3.32. The molecule has 0 aromatic carbocycles. The Labute approximate surface area is 101 Å². The van der Waals surface area contributed by atoms with Crippen molar-refractivity contribution in [2.45, 2.75) is 13.0 Å². The first-order valence-corrected chi connectivity index (χ1v) is 6.57. The molecule has 1 aromatic heterocycles. The van der Waals surface area contributed by atoms with E-state index in [9.17, 15) is 8.42 Å². The molecule has 0 saturated carbocycles. The van der Waals surface area contributed by atoms with E-state index in [1.807, 2.05) is 0 Å². The van der Waals surface area contributed by atoms with Crippen LogP contribution in [0, 0.1) is 0 Å². The summed E-state index contributed by atoms with van der Waals surface area (Å²) in [5.41, 5.74) is 0.596. The molecule has 0 fully saturated rings. The van der Waals surface area contributed by atoms with Gasteiger partial charge in [0.05, 0.1) is 12.2 Å². The van der Waals surface area contributed by atoms with E-state index in [2.05, 4.69) is 14.7 Å². The first kappa shape index (κ1) is 14.0. The summed E-state index contributed by atoms with van der Waals surface area (Å²) in [4.78, 5) is 7.65. The second kappa shape index (κ2) is 6.60. The Bertz CT molecular complexity index is 423. The number of rotatable bonds is 7. The van der Waals surface area contributed by atoms with E-state index in [1.165, 1.54) is 13.4 Å². The molecule has 0 spiro atoms. The molecule has 0 aliphatic heterocycles. The zero-order chi connectivity index (χ0) is 12.7. The largest absolute Gasteiger partial charge is 0.396 e. The van der Waals surface area contributed by atoms with Crippen molar-refractivity contribution in [3.8, 4) is 0 Å². The molecule has 1 heterocycles. The lowest BCUT2D eigenvalue weighted by Gasteiger charge is -2.16. The molecule has 1 aromatic rings. The molecular formula is C9H16N4O3S. The monoisotopic (exact) mass is 260 g/mol. The fraction of sp³-hybridized carbons (Fsp3) is 0.556. The highest BCUT2D eigenvalue weighted by molar-refractivity contribution is 7.87. The number of nitrogens with zero attached hydrogens (tertiary/aromatic N) is 3. The summed E-state index contributed by atoms with van der Waals surface area (Å²) in [6.45, 7) is 0.357. The molecule has 7 nitrogen and oxygen atoms in total. The zero-order valence-corrected chi connectivity index (χ0v) is 10.4. The molecule has 0 amide bonds. The Morgan fingerprint density at radius 2 is 2.29 bits per heavy atom. The van der Waals surface area contributed by atoms with Gasteiger partial charge in [-0.2, -0.15) is 17.4 Å². The molecule has 1 rings (SSSR count). The van der Waals surface area contributed by atoms with Gasteiger partial charge in [0.25, 0.3) is 10.2 Å². The lowest BCUT2D eigenvalue weighted by molar-refractivity contribution is 0.275. The normalized spacial score (nSPS) is 11.9. The smallest absolute Gasteiger partial charge is 0.279 e. The highest BCUT2D eigenvalue weighted by Crippen LogP contribution is 1.98. The Balaban J connectivity index is 2.50. The van der Waals surface area contributed by atoms with E-state index in [1.54, 1.807) is 12.3 Å². The summed E-state index contributed by atoms with van der Waals surface area (Å²) >= 11 is 0. The topological polar surface area (TPSA) is 95.4 Å². The summed E-state index contributed by atoms with van der Waals surface area (Å²) in [5, 5.41) is 8.63. The fourth-order valence-electron chi connectivity index (χ4n) is 1.11. The van der Waals surface area contributed by atoms with Gasteiger partial charge in [0.2, 0.25) is 0 Å². The molecule has 0 radical (unpaired) electrons. The first-order chi connectivity index (χ1) is 8.06. The maximum atomic E-state index is 11.7. The summed E-state index contributed by atoms with van der Waals surface area (Å²) in [6, 6.07) is 1.64. The molecule has 0 unspecified atom stereocenters.